The van der Waals surface area contributed by atoms with Crippen LogP contribution in [0.3, 0.4) is 0 Å². The van der Waals surface area contributed by atoms with E-state index in [1.165, 1.54) is 17.7 Å². The smallest absolute Gasteiger partial charge is 0.328 e. The van der Waals surface area contributed by atoms with E-state index >= 15 is 0 Å². The molecule has 1 rings (SSSR count). The molecule has 5 nitrogen and oxygen atoms in total. The Kier molecular flexibility index (Phi) is 3.46. The maximum Gasteiger partial charge on any atom is 0.328 e. The van der Waals surface area contributed by atoms with Crippen LogP contribution in [-0.2, 0) is 9.53 Å². The number of hydrogen-bond donors (Lipinski definition) is 0. The monoisotopic (exact) mass is 220 g/mol. The first-order valence-electron chi connectivity index (χ1n) is 4.73. The number of ether oxygens (including phenoxy) is 1. The summed E-state index contributed by atoms with van der Waals surface area (Å²) in [6.07, 6.45) is 0. The second-order valence-corrected chi connectivity index (χ2v) is 3.37. The van der Waals surface area contributed by atoms with E-state index in [2.05, 4.69) is 4.74 Å². The highest BCUT2D eigenvalue weighted by molar-refractivity contribution is 5.73. The van der Waals surface area contributed by atoms with Crippen molar-refractivity contribution in [1.29, 1.82) is 5.26 Å². The number of aromatic nitrogens is 1. The van der Waals surface area contributed by atoms with Crippen LogP contribution in [0.15, 0.2) is 16.9 Å². The number of carbonyl (C=O) groups is 1. The third-order valence-electron chi connectivity index (χ3n) is 2.37. The number of carbonyl (C=O) groups excluding carboxylic acids is 1. The van der Waals surface area contributed by atoms with Crippen molar-refractivity contribution in [3.8, 4) is 6.07 Å². The van der Waals surface area contributed by atoms with E-state index in [1.54, 1.807) is 26.0 Å². The highest BCUT2D eigenvalue weighted by Crippen LogP contribution is 2.08. The largest absolute Gasteiger partial charge is 0.467 e. The number of nitriles is 1. The van der Waals surface area contributed by atoms with Gasteiger partial charge in [0.15, 0.2) is 0 Å². The van der Waals surface area contributed by atoms with Crippen LogP contribution in [0.4, 0.5) is 0 Å². The van der Waals surface area contributed by atoms with E-state index in [-0.39, 0.29) is 5.56 Å². The standard InChI is InChI=1S/C11H12N2O3/c1-7-4-5-9(6-12)10(14)13(7)8(2)11(15)16-3/h4-5,8H,1-3H3. The molecule has 0 saturated carbocycles. The molecule has 16 heavy (non-hydrogen) atoms. The van der Waals surface area contributed by atoms with Gasteiger partial charge >= 0.3 is 5.97 Å². The van der Waals surface area contributed by atoms with Gasteiger partial charge in [0.25, 0.3) is 5.56 Å². The number of hydrogen-bond acceptors (Lipinski definition) is 4. The van der Waals surface area contributed by atoms with Gasteiger partial charge < -0.3 is 4.74 Å². The van der Waals surface area contributed by atoms with Crippen molar-refractivity contribution in [2.45, 2.75) is 19.9 Å². The van der Waals surface area contributed by atoms with Gasteiger partial charge in [0.2, 0.25) is 0 Å². The third kappa shape index (κ3) is 1.96. The van der Waals surface area contributed by atoms with Crippen molar-refractivity contribution in [1.82, 2.24) is 4.57 Å². The normalized spacial score (nSPS) is 11.6. The molecule has 0 amide bonds. The van der Waals surface area contributed by atoms with Crippen molar-refractivity contribution >= 4 is 5.97 Å². The number of esters is 1. The highest BCUT2D eigenvalue weighted by Gasteiger charge is 2.19. The van der Waals surface area contributed by atoms with Gasteiger partial charge in [0.05, 0.1) is 7.11 Å². The number of pyridine rings is 1. The summed E-state index contributed by atoms with van der Waals surface area (Å²) in [4.78, 5) is 23.2. The Hall–Kier alpha value is -2.09. The van der Waals surface area contributed by atoms with Gasteiger partial charge in [0.1, 0.15) is 17.7 Å². The van der Waals surface area contributed by atoms with Crippen molar-refractivity contribution in [3.63, 3.8) is 0 Å². The summed E-state index contributed by atoms with van der Waals surface area (Å²) in [5.41, 5.74) is 0.156. The van der Waals surface area contributed by atoms with Crippen LogP contribution in [0.25, 0.3) is 0 Å². The molecule has 1 aromatic heterocycles. The van der Waals surface area contributed by atoms with Crippen LogP contribution in [-0.4, -0.2) is 17.6 Å². The zero-order valence-electron chi connectivity index (χ0n) is 9.35. The molecule has 0 bridgehead atoms. The molecular formula is C11H12N2O3. The molecule has 0 saturated heterocycles. The molecule has 0 radical (unpaired) electrons. The molecule has 0 aliphatic rings. The Morgan fingerprint density at radius 1 is 1.56 bits per heavy atom. The van der Waals surface area contributed by atoms with Crippen LogP contribution >= 0.6 is 0 Å². The minimum Gasteiger partial charge on any atom is -0.467 e. The van der Waals surface area contributed by atoms with Crippen molar-refractivity contribution in [2.75, 3.05) is 7.11 Å². The topological polar surface area (TPSA) is 72.1 Å². The maximum atomic E-state index is 11.8. The Bertz CT molecular complexity index is 511. The number of rotatable bonds is 2. The predicted octanol–water partition coefficient (Wildman–Crippen LogP) is 0.762. The molecule has 0 fully saturated rings. The van der Waals surface area contributed by atoms with Gasteiger partial charge in [-0.1, -0.05) is 0 Å². The number of aryl methyl sites for hydroxylation is 1. The predicted molar refractivity (Wildman–Crippen MR) is 56.9 cm³/mol. The van der Waals surface area contributed by atoms with Crippen molar-refractivity contribution in [2.24, 2.45) is 0 Å². The summed E-state index contributed by atoms with van der Waals surface area (Å²) in [6.45, 7) is 3.25. The second kappa shape index (κ2) is 4.62. The minimum atomic E-state index is -0.731. The summed E-state index contributed by atoms with van der Waals surface area (Å²) in [5.74, 6) is -0.514. The molecule has 0 aromatic carbocycles. The molecule has 1 aromatic rings. The Balaban J connectivity index is 3.39. The lowest BCUT2D eigenvalue weighted by atomic mass is 10.2. The van der Waals surface area contributed by atoms with Gasteiger partial charge in [-0.25, -0.2) is 4.79 Å². The molecule has 0 aliphatic heterocycles. The lowest BCUT2D eigenvalue weighted by Crippen LogP contribution is -2.31. The van der Waals surface area contributed by atoms with Crippen molar-refractivity contribution in [3.05, 3.63) is 33.7 Å². The number of methoxy groups -OCH3 is 1. The fraction of sp³-hybridized carbons (Fsp3) is 0.364. The van der Waals surface area contributed by atoms with E-state index in [1.807, 2.05) is 0 Å². The zero-order valence-corrected chi connectivity index (χ0v) is 9.35. The summed E-state index contributed by atoms with van der Waals surface area (Å²) < 4.78 is 5.82. The molecule has 0 aliphatic carbocycles. The molecule has 5 heteroatoms. The number of nitrogens with zero attached hydrogens (tertiary/aromatic N) is 2. The van der Waals surface area contributed by atoms with E-state index in [9.17, 15) is 9.59 Å². The Morgan fingerprint density at radius 2 is 2.19 bits per heavy atom. The zero-order chi connectivity index (χ0) is 12.3. The summed E-state index contributed by atoms with van der Waals surface area (Å²) in [7, 11) is 1.26. The van der Waals surface area contributed by atoms with Gasteiger partial charge in [-0.3, -0.25) is 9.36 Å². The van der Waals surface area contributed by atoms with Gasteiger partial charge in [-0.05, 0) is 26.0 Å². The van der Waals surface area contributed by atoms with E-state index < -0.39 is 17.6 Å². The van der Waals surface area contributed by atoms with E-state index in [0.717, 1.165) is 0 Å². The Morgan fingerprint density at radius 3 is 2.69 bits per heavy atom. The average molecular weight is 220 g/mol. The first-order chi connectivity index (χ1) is 7.52. The SMILES string of the molecule is COC(=O)C(C)n1c(C)ccc(C#N)c1=O. The van der Waals surface area contributed by atoms with Crippen LogP contribution < -0.4 is 5.56 Å². The third-order valence-corrected chi connectivity index (χ3v) is 2.37. The quantitative estimate of drug-likeness (QED) is 0.690. The first-order valence-corrected chi connectivity index (χ1v) is 4.73. The molecule has 1 atom stereocenters. The second-order valence-electron chi connectivity index (χ2n) is 3.37. The molecule has 84 valence electrons. The molecule has 1 heterocycles. The van der Waals surface area contributed by atoms with Gasteiger partial charge in [0, 0.05) is 5.69 Å². The molecule has 1 unspecified atom stereocenters. The molecular weight excluding hydrogens is 208 g/mol. The highest BCUT2D eigenvalue weighted by atomic mass is 16.5. The fourth-order valence-electron chi connectivity index (χ4n) is 1.49. The maximum absolute atomic E-state index is 11.8. The minimum absolute atomic E-state index is 0.0151. The van der Waals surface area contributed by atoms with Crippen LogP contribution in [0.5, 0.6) is 0 Å². The molecule has 0 N–H and O–H groups in total. The van der Waals surface area contributed by atoms with Crippen molar-refractivity contribution < 1.29 is 9.53 Å². The van der Waals surface area contributed by atoms with Crippen LogP contribution in [0, 0.1) is 18.3 Å². The van der Waals surface area contributed by atoms with Gasteiger partial charge in [-0.2, -0.15) is 5.26 Å². The van der Waals surface area contributed by atoms with Crippen LogP contribution in [0.1, 0.15) is 24.2 Å². The summed E-state index contributed by atoms with van der Waals surface area (Å²) >= 11 is 0. The summed E-state index contributed by atoms with van der Waals surface area (Å²) in [5, 5.41) is 8.73. The Labute approximate surface area is 92.9 Å². The van der Waals surface area contributed by atoms with E-state index in [4.69, 9.17) is 5.26 Å². The molecule has 0 spiro atoms. The van der Waals surface area contributed by atoms with Gasteiger partial charge in [-0.15, -0.1) is 0 Å². The lowest BCUT2D eigenvalue weighted by molar-refractivity contribution is -0.144. The van der Waals surface area contributed by atoms with E-state index in [0.29, 0.717) is 5.69 Å². The lowest BCUT2D eigenvalue weighted by Gasteiger charge is -2.15. The summed E-state index contributed by atoms with van der Waals surface area (Å²) in [6, 6.07) is 4.13. The van der Waals surface area contributed by atoms with Crippen LogP contribution in [0.2, 0.25) is 0 Å². The fourth-order valence-corrected chi connectivity index (χ4v) is 1.49. The average Bonchev–Trinajstić information content (AvgIpc) is 2.28. The first kappa shape index (κ1) is 12.0.